The molecule has 3 rings (SSSR count). The number of carbonyl (C=O) groups excluding carboxylic acids is 2. The molecule has 1 amide bonds. The lowest BCUT2D eigenvalue weighted by Crippen LogP contribution is -2.30. The second kappa shape index (κ2) is 7.83. The summed E-state index contributed by atoms with van der Waals surface area (Å²) in [4.78, 5) is 29.3. The number of hydrogen-bond donors (Lipinski definition) is 0. The van der Waals surface area contributed by atoms with Crippen LogP contribution in [0.25, 0.3) is 0 Å². The third kappa shape index (κ3) is 4.21. The van der Waals surface area contributed by atoms with E-state index in [9.17, 15) is 9.59 Å². The summed E-state index contributed by atoms with van der Waals surface area (Å²) in [5.74, 6) is 0.161. The first-order valence-corrected chi connectivity index (χ1v) is 10.2. The third-order valence-corrected chi connectivity index (χ3v) is 6.17. The number of likely N-dealkylation sites (tertiary alicyclic amines) is 1. The van der Waals surface area contributed by atoms with Crippen LogP contribution in [0.3, 0.4) is 0 Å². The summed E-state index contributed by atoms with van der Waals surface area (Å²) in [6.07, 6.45) is 2.58. The van der Waals surface area contributed by atoms with E-state index < -0.39 is 0 Å². The lowest BCUT2D eigenvalue weighted by molar-refractivity contribution is -0.132. The van der Waals surface area contributed by atoms with Crippen molar-refractivity contribution in [1.82, 2.24) is 4.90 Å². The number of carbonyl (C=O) groups is 2. The van der Waals surface area contributed by atoms with Crippen molar-refractivity contribution < 1.29 is 9.59 Å². The first-order valence-electron chi connectivity index (χ1n) is 8.61. The van der Waals surface area contributed by atoms with Crippen molar-refractivity contribution in [3.8, 4) is 0 Å². The highest BCUT2D eigenvalue weighted by molar-refractivity contribution is 9.10. The minimum absolute atomic E-state index is 0.0772. The molecule has 1 aromatic heterocycles. The van der Waals surface area contributed by atoms with E-state index in [2.05, 4.69) is 28.1 Å². The van der Waals surface area contributed by atoms with E-state index in [0.717, 1.165) is 44.7 Å². The highest BCUT2D eigenvalue weighted by Gasteiger charge is 2.30. The Bertz CT molecular complexity index is 799. The van der Waals surface area contributed by atoms with Gasteiger partial charge in [-0.2, -0.15) is 0 Å². The number of Topliss-reactive ketones (excluding diaryl/α,β-unsaturated/α-hetero) is 1. The second-order valence-corrected chi connectivity index (χ2v) is 8.93. The van der Waals surface area contributed by atoms with Crippen LogP contribution < -0.4 is 0 Å². The van der Waals surface area contributed by atoms with Gasteiger partial charge in [-0.3, -0.25) is 9.59 Å². The summed E-state index contributed by atoms with van der Waals surface area (Å²) in [6, 6.07) is 10.2. The van der Waals surface area contributed by atoms with Crippen LogP contribution in [0.1, 0.15) is 57.4 Å². The number of rotatable bonds is 5. The number of ketones is 1. The quantitative estimate of drug-likeness (QED) is 0.603. The average molecular weight is 420 g/mol. The fraction of sp³-hybridized carbons (Fsp3) is 0.400. The number of amides is 1. The SMILES string of the molecule is Cc1cc(C(=O)CCC(=O)N2CCCC2c2cccc(Br)c2)c(C)s1. The predicted octanol–water partition coefficient (Wildman–Crippen LogP) is 5.45. The summed E-state index contributed by atoms with van der Waals surface area (Å²) in [5.41, 5.74) is 1.94. The zero-order valence-corrected chi connectivity index (χ0v) is 17.0. The molecule has 2 aromatic rings. The van der Waals surface area contributed by atoms with Gasteiger partial charge in [-0.05, 0) is 50.5 Å². The largest absolute Gasteiger partial charge is 0.336 e. The Morgan fingerprint density at radius 1 is 1.24 bits per heavy atom. The molecule has 132 valence electrons. The molecule has 1 fully saturated rings. The molecular formula is C20H22BrNO2S. The topological polar surface area (TPSA) is 37.4 Å². The van der Waals surface area contributed by atoms with Gasteiger partial charge < -0.3 is 4.90 Å². The lowest BCUT2D eigenvalue weighted by atomic mass is 10.0. The van der Waals surface area contributed by atoms with Crippen molar-refractivity contribution in [2.24, 2.45) is 0 Å². The number of hydrogen-bond acceptors (Lipinski definition) is 3. The van der Waals surface area contributed by atoms with Gasteiger partial charge in [-0.25, -0.2) is 0 Å². The Balaban J connectivity index is 1.64. The molecule has 2 heterocycles. The van der Waals surface area contributed by atoms with Crippen LogP contribution >= 0.6 is 27.3 Å². The fourth-order valence-electron chi connectivity index (χ4n) is 3.53. The maximum absolute atomic E-state index is 12.7. The standard InChI is InChI=1S/C20H22BrNO2S/c1-13-11-17(14(2)25-13)19(23)8-9-20(24)22-10-4-7-18(22)15-5-3-6-16(21)12-15/h3,5-6,11-12,18H,4,7-10H2,1-2H3. The van der Waals surface area contributed by atoms with Crippen molar-refractivity contribution in [2.75, 3.05) is 6.54 Å². The Morgan fingerprint density at radius 3 is 2.72 bits per heavy atom. The molecule has 3 nitrogen and oxygen atoms in total. The van der Waals surface area contributed by atoms with E-state index in [4.69, 9.17) is 0 Å². The summed E-state index contributed by atoms with van der Waals surface area (Å²) >= 11 is 5.14. The minimum Gasteiger partial charge on any atom is -0.336 e. The highest BCUT2D eigenvalue weighted by Crippen LogP contribution is 2.33. The van der Waals surface area contributed by atoms with Gasteiger partial charge in [0.05, 0.1) is 6.04 Å². The van der Waals surface area contributed by atoms with Gasteiger partial charge in [0, 0.05) is 39.2 Å². The molecule has 1 aromatic carbocycles. The van der Waals surface area contributed by atoms with Gasteiger partial charge in [-0.15, -0.1) is 11.3 Å². The Labute approximate surface area is 161 Å². The van der Waals surface area contributed by atoms with Crippen molar-refractivity contribution in [2.45, 2.75) is 45.6 Å². The first kappa shape index (κ1) is 18.3. The molecule has 1 atom stereocenters. The molecule has 0 spiro atoms. The number of nitrogens with zero attached hydrogens (tertiary/aromatic N) is 1. The minimum atomic E-state index is 0.0772. The van der Waals surface area contributed by atoms with Gasteiger partial charge in [0.1, 0.15) is 0 Å². The van der Waals surface area contributed by atoms with E-state index in [1.165, 1.54) is 0 Å². The fourth-order valence-corrected chi connectivity index (χ4v) is 4.89. The number of thiophene rings is 1. The summed E-state index contributed by atoms with van der Waals surface area (Å²) < 4.78 is 1.03. The number of halogens is 1. The number of aryl methyl sites for hydroxylation is 2. The third-order valence-electron chi connectivity index (χ3n) is 4.71. The highest BCUT2D eigenvalue weighted by atomic mass is 79.9. The Morgan fingerprint density at radius 2 is 2.04 bits per heavy atom. The molecule has 5 heteroatoms. The van der Waals surface area contributed by atoms with E-state index in [0.29, 0.717) is 0 Å². The van der Waals surface area contributed by atoms with E-state index in [1.54, 1.807) is 11.3 Å². The molecular weight excluding hydrogens is 398 g/mol. The second-order valence-electron chi connectivity index (χ2n) is 6.55. The molecule has 25 heavy (non-hydrogen) atoms. The van der Waals surface area contributed by atoms with Crippen LogP contribution in [0, 0.1) is 13.8 Å². The van der Waals surface area contributed by atoms with Crippen LogP contribution in [-0.2, 0) is 4.79 Å². The molecule has 0 aliphatic carbocycles. The van der Waals surface area contributed by atoms with Crippen LogP contribution in [0.2, 0.25) is 0 Å². The summed E-state index contributed by atoms with van der Waals surface area (Å²) in [7, 11) is 0. The maximum Gasteiger partial charge on any atom is 0.223 e. The van der Waals surface area contributed by atoms with Gasteiger partial charge in [0.15, 0.2) is 5.78 Å². The summed E-state index contributed by atoms with van der Waals surface area (Å²) in [6.45, 7) is 4.75. The van der Waals surface area contributed by atoms with Crippen LogP contribution in [0.15, 0.2) is 34.8 Å². The predicted molar refractivity (Wildman–Crippen MR) is 105 cm³/mol. The smallest absolute Gasteiger partial charge is 0.223 e. The molecule has 1 aliphatic heterocycles. The molecule has 1 aliphatic rings. The van der Waals surface area contributed by atoms with Gasteiger partial charge in [-0.1, -0.05) is 28.1 Å². The van der Waals surface area contributed by atoms with Gasteiger partial charge >= 0.3 is 0 Å². The first-order chi connectivity index (χ1) is 12.0. The van der Waals surface area contributed by atoms with Crippen LogP contribution in [0.4, 0.5) is 0 Å². The molecule has 0 N–H and O–H groups in total. The Hall–Kier alpha value is -1.46. The average Bonchev–Trinajstić information content (AvgIpc) is 3.18. The van der Waals surface area contributed by atoms with Crippen molar-refractivity contribution >= 4 is 39.0 Å². The van der Waals surface area contributed by atoms with Crippen molar-refractivity contribution in [3.05, 3.63) is 55.7 Å². The Kier molecular flexibility index (Phi) is 5.74. The molecule has 0 bridgehead atoms. The van der Waals surface area contributed by atoms with Gasteiger partial charge in [0.2, 0.25) is 5.91 Å². The van der Waals surface area contributed by atoms with Crippen LogP contribution in [0.5, 0.6) is 0 Å². The van der Waals surface area contributed by atoms with E-state index in [-0.39, 0.29) is 30.6 Å². The maximum atomic E-state index is 12.7. The van der Waals surface area contributed by atoms with E-state index >= 15 is 0 Å². The lowest BCUT2D eigenvalue weighted by Gasteiger charge is -2.25. The van der Waals surface area contributed by atoms with Gasteiger partial charge in [0.25, 0.3) is 0 Å². The van der Waals surface area contributed by atoms with E-state index in [1.807, 2.05) is 36.9 Å². The number of benzene rings is 1. The molecule has 1 saturated heterocycles. The molecule has 0 radical (unpaired) electrons. The van der Waals surface area contributed by atoms with Crippen LogP contribution in [-0.4, -0.2) is 23.1 Å². The van der Waals surface area contributed by atoms with Crippen molar-refractivity contribution in [1.29, 1.82) is 0 Å². The monoisotopic (exact) mass is 419 g/mol. The van der Waals surface area contributed by atoms with Crippen molar-refractivity contribution in [3.63, 3.8) is 0 Å². The zero-order valence-electron chi connectivity index (χ0n) is 14.5. The zero-order chi connectivity index (χ0) is 18.0. The molecule has 0 saturated carbocycles. The molecule has 1 unspecified atom stereocenters. The summed E-state index contributed by atoms with van der Waals surface area (Å²) in [5, 5.41) is 0. The normalized spacial score (nSPS) is 17.1.